The monoisotopic (exact) mass is 206 g/mol. The van der Waals surface area contributed by atoms with Crippen LogP contribution in [-0.4, -0.2) is 27.6 Å². The van der Waals surface area contributed by atoms with Gasteiger partial charge in [0.15, 0.2) is 0 Å². The van der Waals surface area contributed by atoms with Crippen molar-refractivity contribution >= 4 is 11.9 Å². The average molecular weight is 206 g/mol. The Balaban J connectivity index is 0. The van der Waals surface area contributed by atoms with Crippen molar-refractivity contribution in [1.82, 2.24) is 0 Å². The summed E-state index contributed by atoms with van der Waals surface area (Å²) in [5.41, 5.74) is -2.00. The Morgan fingerprint density at radius 2 is 1.14 bits per heavy atom. The van der Waals surface area contributed by atoms with Crippen LogP contribution in [0, 0.1) is 10.8 Å². The molecule has 0 amide bonds. The summed E-state index contributed by atoms with van der Waals surface area (Å²) in [6.45, 7) is 6.11. The normalized spacial score (nSPS) is 11.7. The van der Waals surface area contributed by atoms with Crippen LogP contribution in [0.25, 0.3) is 0 Å². The smallest absolute Gasteiger partial charge is 0.309 e. The fourth-order valence-electron chi connectivity index (χ4n) is 1.26. The summed E-state index contributed by atoms with van der Waals surface area (Å²) >= 11 is 0. The summed E-state index contributed by atoms with van der Waals surface area (Å²) in [6, 6.07) is 0. The molecule has 0 spiro atoms. The van der Waals surface area contributed by atoms with Gasteiger partial charge in [0.25, 0.3) is 0 Å². The number of carboxylic acids is 2. The minimum atomic E-state index is -0.998. The zero-order valence-electron chi connectivity index (χ0n) is 8.92. The minimum Gasteiger partial charge on any atom is -0.481 e. The maximum Gasteiger partial charge on any atom is 0.309 e. The second-order valence-corrected chi connectivity index (χ2v) is 4.55. The van der Waals surface area contributed by atoms with Crippen LogP contribution < -0.4 is 0 Å². The van der Waals surface area contributed by atoms with Crippen LogP contribution in [0.4, 0.5) is 0 Å². The molecule has 0 aromatic carbocycles. The van der Waals surface area contributed by atoms with Crippen LogP contribution in [-0.2, 0) is 9.59 Å². The molecule has 0 aliphatic rings. The van der Waals surface area contributed by atoms with Crippen molar-refractivity contribution < 1.29 is 25.3 Å². The van der Waals surface area contributed by atoms with Crippen LogP contribution in [0.1, 0.15) is 34.1 Å². The molecule has 4 N–H and O–H groups in total. The lowest BCUT2D eigenvalue weighted by Gasteiger charge is -2.28. The van der Waals surface area contributed by atoms with Crippen LogP contribution in [0.2, 0.25) is 0 Å². The van der Waals surface area contributed by atoms with Crippen molar-refractivity contribution in [2.75, 3.05) is 0 Å². The van der Waals surface area contributed by atoms with E-state index in [0.717, 1.165) is 0 Å². The lowest BCUT2D eigenvalue weighted by atomic mass is 9.75. The molecule has 14 heavy (non-hydrogen) atoms. The maximum atomic E-state index is 10.7. The lowest BCUT2D eigenvalue weighted by molar-refractivity contribution is -0.154. The van der Waals surface area contributed by atoms with Gasteiger partial charge in [-0.1, -0.05) is 0 Å². The molecule has 0 aliphatic heterocycles. The Kier molecular flexibility index (Phi) is 4.85. The fraction of sp³-hybridized carbons (Fsp3) is 0.778. The van der Waals surface area contributed by atoms with Gasteiger partial charge >= 0.3 is 11.9 Å². The van der Waals surface area contributed by atoms with Crippen LogP contribution in [0.5, 0.6) is 0 Å². The average Bonchev–Trinajstić information content (AvgIpc) is 1.83. The van der Waals surface area contributed by atoms with E-state index in [1.165, 1.54) is 27.7 Å². The molecule has 0 aliphatic carbocycles. The molecular weight excluding hydrogens is 188 g/mol. The number of carbonyl (C=O) groups is 2. The van der Waals surface area contributed by atoms with Gasteiger partial charge in [-0.2, -0.15) is 0 Å². The summed E-state index contributed by atoms with van der Waals surface area (Å²) < 4.78 is 0. The van der Waals surface area contributed by atoms with Gasteiger partial charge in [-0.25, -0.2) is 0 Å². The predicted molar refractivity (Wildman–Crippen MR) is 51.1 cm³/mol. The summed E-state index contributed by atoms with van der Waals surface area (Å²) in [6.07, 6.45) is 0.116. The van der Waals surface area contributed by atoms with Crippen LogP contribution >= 0.6 is 0 Å². The van der Waals surface area contributed by atoms with Gasteiger partial charge < -0.3 is 15.7 Å². The van der Waals surface area contributed by atoms with Crippen molar-refractivity contribution in [2.24, 2.45) is 10.8 Å². The van der Waals surface area contributed by atoms with E-state index in [9.17, 15) is 9.59 Å². The van der Waals surface area contributed by atoms with Gasteiger partial charge in [-0.15, -0.1) is 0 Å². The summed E-state index contributed by atoms with van der Waals surface area (Å²) in [4.78, 5) is 21.5. The highest BCUT2D eigenvalue weighted by molar-refractivity contribution is 5.77. The van der Waals surface area contributed by atoms with E-state index in [2.05, 4.69) is 0 Å². The van der Waals surface area contributed by atoms with Gasteiger partial charge in [0.1, 0.15) is 0 Å². The number of carboxylic acid groups (broad SMARTS) is 2. The number of aliphatic carboxylic acids is 2. The van der Waals surface area contributed by atoms with E-state index in [4.69, 9.17) is 10.2 Å². The highest BCUT2D eigenvalue weighted by Gasteiger charge is 2.38. The van der Waals surface area contributed by atoms with Gasteiger partial charge in [0.05, 0.1) is 10.8 Å². The zero-order valence-corrected chi connectivity index (χ0v) is 8.92. The molecule has 0 bridgehead atoms. The second-order valence-electron chi connectivity index (χ2n) is 4.55. The summed E-state index contributed by atoms with van der Waals surface area (Å²) in [5, 5.41) is 17.6. The minimum absolute atomic E-state index is 0. The van der Waals surface area contributed by atoms with Gasteiger partial charge in [0.2, 0.25) is 0 Å². The van der Waals surface area contributed by atoms with Crippen molar-refractivity contribution in [1.29, 1.82) is 0 Å². The largest absolute Gasteiger partial charge is 0.481 e. The van der Waals surface area contributed by atoms with E-state index < -0.39 is 22.8 Å². The van der Waals surface area contributed by atoms with Gasteiger partial charge in [0, 0.05) is 0 Å². The van der Waals surface area contributed by atoms with Crippen molar-refractivity contribution in [3.63, 3.8) is 0 Å². The van der Waals surface area contributed by atoms with Gasteiger partial charge in [-0.3, -0.25) is 9.59 Å². The third-order valence-corrected chi connectivity index (χ3v) is 2.04. The first kappa shape index (κ1) is 15.4. The highest BCUT2D eigenvalue weighted by atomic mass is 16.4. The Bertz CT molecular complexity index is 205. The zero-order chi connectivity index (χ0) is 10.9. The molecule has 0 atom stereocenters. The molecule has 0 aromatic rings. The second kappa shape index (κ2) is 4.41. The first-order valence-electron chi connectivity index (χ1n) is 4.06. The molecule has 5 nitrogen and oxygen atoms in total. The number of hydrogen-bond acceptors (Lipinski definition) is 2. The molecule has 5 heteroatoms. The van der Waals surface area contributed by atoms with Crippen molar-refractivity contribution in [2.45, 2.75) is 34.1 Å². The molecule has 0 unspecified atom stereocenters. The summed E-state index contributed by atoms with van der Waals surface area (Å²) in [7, 11) is 0. The summed E-state index contributed by atoms with van der Waals surface area (Å²) in [5.74, 6) is -1.94. The molecule has 0 saturated carbocycles. The lowest BCUT2D eigenvalue weighted by Crippen LogP contribution is -2.34. The Labute approximate surface area is 83.1 Å². The number of rotatable bonds is 4. The molecular formula is C9H18O5. The van der Waals surface area contributed by atoms with E-state index in [-0.39, 0.29) is 11.9 Å². The van der Waals surface area contributed by atoms with Crippen molar-refractivity contribution in [3.8, 4) is 0 Å². The Morgan fingerprint density at radius 3 is 1.29 bits per heavy atom. The molecule has 0 radical (unpaired) electrons. The Morgan fingerprint density at radius 1 is 0.929 bits per heavy atom. The molecule has 0 rings (SSSR count). The van der Waals surface area contributed by atoms with E-state index >= 15 is 0 Å². The SMILES string of the molecule is CC(C)(CC(C)(C)C(=O)O)C(=O)O.O. The van der Waals surface area contributed by atoms with E-state index in [1.54, 1.807) is 0 Å². The first-order chi connectivity index (χ1) is 5.59. The maximum absolute atomic E-state index is 10.7. The van der Waals surface area contributed by atoms with E-state index in [0.29, 0.717) is 0 Å². The molecule has 0 saturated heterocycles. The molecule has 0 heterocycles. The molecule has 0 aromatic heterocycles. The predicted octanol–water partition coefficient (Wildman–Crippen LogP) is 0.773. The molecule has 84 valence electrons. The van der Waals surface area contributed by atoms with E-state index in [1.807, 2.05) is 0 Å². The topological polar surface area (TPSA) is 106 Å². The Hall–Kier alpha value is -1.10. The third-order valence-electron chi connectivity index (χ3n) is 2.04. The third kappa shape index (κ3) is 3.74. The van der Waals surface area contributed by atoms with Crippen LogP contribution in [0.3, 0.4) is 0 Å². The van der Waals surface area contributed by atoms with Crippen LogP contribution in [0.15, 0.2) is 0 Å². The quantitative estimate of drug-likeness (QED) is 0.708. The highest BCUT2D eigenvalue weighted by Crippen LogP contribution is 2.33. The standard InChI is InChI=1S/C9H16O4.H2O/c1-8(2,6(10)11)5-9(3,4)7(12)13;/h5H2,1-4H3,(H,10,11)(H,12,13);1H2. The van der Waals surface area contributed by atoms with Gasteiger partial charge in [-0.05, 0) is 34.1 Å². The first-order valence-corrected chi connectivity index (χ1v) is 4.06. The number of hydrogen-bond donors (Lipinski definition) is 2. The fourth-order valence-corrected chi connectivity index (χ4v) is 1.26. The molecule has 0 fully saturated rings. The van der Waals surface area contributed by atoms with Crippen molar-refractivity contribution in [3.05, 3.63) is 0 Å².